The van der Waals surface area contributed by atoms with Gasteiger partial charge in [-0.15, -0.1) is 0 Å². The van der Waals surface area contributed by atoms with Gasteiger partial charge in [-0.2, -0.15) is 0 Å². The number of nitro groups is 1. The number of ether oxygens (including phenoxy) is 1. The Kier molecular flexibility index (Phi) is 4.12. The van der Waals surface area contributed by atoms with Gasteiger partial charge in [0.25, 0.3) is 5.69 Å². The van der Waals surface area contributed by atoms with Gasteiger partial charge in [-0.05, 0) is 15.9 Å². The van der Waals surface area contributed by atoms with Gasteiger partial charge in [-0.1, -0.05) is 0 Å². The first-order valence-corrected chi connectivity index (χ1v) is 6.69. The van der Waals surface area contributed by atoms with E-state index in [1.54, 1.807) is 0 Å². The van der Waals surface area contributed by atoms with Gasteiger partial charge in [-0.3, -0.25) is 19.7 Å². The summed E-state index contributed by atoms with van der Waals surface area (Å²) in [6.45, 7) is -0.0974. The van der Waals surface area contributed by atoms with E-state index in [2.05, 4.69) is 15.9 Å². The summed E-state index contributed by atoms with van der Waals surface area (Å²) >= 11 is 3.14. The van der Waals surface area contributed by atoms with Crippen LogP contribution in [0.2, 0.25) is 0 Å². The van der Waals surface area contributed by atoms with Gasteiger partial charge in [0.15, 0.2) is 0 Å². The van der Waals surface area contributed by atoms with E-state index in [1.807, 2.05) is 0 Å². The first-order chi connectivity index (χ1) is 9.85. The van der Waals surface area contributed by atoms with E-state index in [0.717, 1.165) is 4.90 Å². The fourth-order valence-electron chi connectivity index (χ4n) is 2.16. The molecule has 2 rings (SSSR count). The molecule has 0 aliphatic carbocycles. The summed E-state index contributed by atoms with van der Waals surface area (Å²) in [5.74, 6) is -2.11. The van der Waals surface area contributed by atoms with Crippen molar-refractivity contribution in [3.05, 3.63) is 26.7 Å². The number of hydrogen-bond acceptors (Lipinski definition) is 5. The van der Waals surface area contributed by atoms with Gasteiger partial charge in [0, 0.05) is 25.1 Å². The number of hydrogen-bond donors (Lipinski definition) is 1. The van der Waals surface area contributed by atoms with Gasteiger partial charge in [-0.25, -0.2) is 0 Å². The molecule has 8 nitrogen and oxygen atoms in total. The van der Waals surface area contributed by atoms with Crippen LogP contribution in [0.5, 0.6) is 5.75 Å². The lowest BCUT2D eigenvalue weighted by molar-refractivity contribution is -0.384. The molecule has 1 aliphatic rings. The van der Waals surface area contributed by atoms with E-state index in [9.17, 15) is 19.7 Å². The quantitative estimate of drug-likeness (QED) is 0.648. The number of carboxylic acids is 1. The average molecular weight is 359 g/mol. The molecule has 1 aromatic rings. The number of methoxy groups -OCH3 is 1. The highest BCUT2D eigenvalue weighted by molar-refractivity contribution is 9.10. The first-order valence-electron chi connectivity index (χ1n) is 5.90. The molecule has 112 valence electrons. The molecule has 1 aliphatic heterocycles. The van der Waals surface area contributed by atoms with Crippen LogP contribution in [-0.4, -0.2) is 35.6 Å². The summed E-state index contributed by atoms with van der Waals surface area (Å²) < 4.78 is 5.44. The molecular weight excluding hydrogens is 348 g/mol. The lowest BCUT2D eigenvalue weighted by atomic mass is 10.1. The second-order valence-corrected chi connectivity index (χ2v) is 5.33. The Balaban J connectivity index is 2.49. The van der Waals surface area contributed by atoms with Crippen LogP contribution >= 0.6 is 15.9 Å². The minimum Gasteiger partial charge on any atom is -0.495 e. The molecule has 0 radical (unpaired) electrons. The van der Waals surface area contributed by atoms with Crippen LogP contribution in [0.4, 0.5) is 11.4 Å². The maximum absolute atomic E-state index is 11.9. The highest BCUT2D eigenvalue weighted by atomic mass is 79.9. The normalized spacial score (nSPS) is 17.9. The number of carbonyl (C=O) groups excluding carboxylic acids is 1. The third-order valence-corrected chi connectivity index (χ3v) is 3.83. The largest absolute Gasteiger partial charge is 0.495 e. The number of amides is 1. The zero-order chi connectivity index (χ0) is 15.7. The number of halogens is 1. The predicted molar refractivity (Wildman–Crippen MR) is 75.4 cm³/mol. The van der Waals surface area contributed by atoms with E-state index in [4.69, 9.17) is 9.84 Å². The van der Waals surface area contributed by atoms with Gasteiger partial charge in [0.2, 0.25) is 5.91 Å². The molecule has 1 fully saturated rings. The van der Waals surface area contributed by atoms with Crippen LogP contribution in [0, 0.1) is 16.0 Å². The van der Waals surface area contributed by atoms with Gasteiger partial charge < -0.3 is 14.7 Å². The Morgan fingerprint density at radius 2 is 2.24 bits per heavy atom. The maximum Gasteiger partial charge on any atom is 0.308 e. The summed E-state index contributed by atoms with van der Waals surface area (Å²) in [5.41, 5.74) is -0.254. The van der Waals surface area contributed by atoms with E-state index in [1.165, 1.54) is 19.2 Å². The molecule has 1 atom stereocenters. The van der Waals surface area contributed by atoms with E-state index in [0.29, 0.717) is 10.2 Å². The Morgan fingerprint density at radius 3 is 2.71 bits per heavy atom. The fourth-order valence-corrected chi connectivity index (χ4v) is 2.65. The zero-order valence-corrected chi connectivity index (χ0v) is 12.5. The third-order valence-electron chi connectivity index (χ3n) is 3.21. The lowest BCUT2D eigenvalue weighted by Crippen LogP contribution is -2.26. The van der Waals surface area contributed by atoms with Crippen molar-refractivity contribution < 1.29 is 24.4 Å². The summed E-state index contributed by atoms with van der Waals surface area (Å²) in [7, 11) is 1.39. The summed E-state index contributed by atoms with van der Waals surface area (Å²) in [6, 6.07) is 2.58. The molecule has 0 saturated carbocycles. The van der Waals surface area contributed by atoms with Crippen molar-refractivity contribution in [1.29, 1.82) is 0 Å². The molecule has 21 heavy (non-hydrogen) atoms. The summed E-state index contributed by atoms with van der Waals surface area (Å²) in [4.78, 5) is 34.5. The monoisotopic (exact) mass is 358 g/mol. The summed E-state index contributed by atoms with van der Waals surface area (Å²) in [6.07, 6.45) is -0.176. The van der Waals surface area contributed by atoms with Gasteiger partial charge in [0.1, 0.15) is 11.4 Å². The van der Waals surface area contributed by atoms with E-state index >= 15 is 0 Å². The van der Waals surface area contributed by atoms with Gasteiger partial charge in [0.05, 0.1) is 22.4 Å². The minimum atomic E-state index is -1.10. The molecule has 1 saturated heterocycles. The van der Waals surface area contributed by atoms with Crippen molar-refractivity contribution >= 4 is 39.2 Å². The number of carbonyl (C=O) groups is 2. The molecule has 9 heteroatoms. The molecule has 1 N–H and O–H groups in total. The van der Waals surface area contributed by atoms with Crippen LogP contribution < -0.4 is 9.64 Å². The topological polar surface area (TPSA) is 110 Å². The minimum absolute atomic E-state index is 0.0359. The third kappa shape index (κ3) is 2.82. The van der Waals surface area contributed by atoms with E-state index in [-0.39, 0.29) is 24.3 Å². The second-order valence-electron chi connectivity index (χ2n) is 4.48. The van der Waals surface area contributed by atoms with Crippen LogP contribution in [0.3, 0.4) is 0 Å². The molecule has 1 amide bonds. The van der Waals surface area contributed by atoms with E-state index < -0.39 is 22.7 Å². The lowest BCUT2D eigenvalue weighted by Gasteiger charge is -2.17. The predicted octanol–water partition coefficient (Wildman–Crippen LogP) is 1.80. The highest BCUT2D eigenvalue weighted by Gasteiger charge is 2.38. The average Bonchev–Trinajstić information content (AvgIpc) is 2.80. The smallest absolute Gasteiger partial charge is 0.308 e. The molecule has 1 heterocycles. The van der Waals surface area contributed by atoms with Crippen molar-refractivity contribution in [3.63, 3.8) is 0 Å². The first kappa shape index (κ1) is 15.2. The van der Waals surface area contributed by atoms with Crippen LogP contribution in [0.1, 0.15) is 6.42 Å². The van der Waals surface area contributed by atoms with Crippen molar-refractivity contribution in [3.8, 4) is 5.75 Å². The van der Waals surface area contributed by atoms with Crippen molar-refractivity contribution in [2.45, 2.75) is 6.42 Å². The SMILES string of the molecule is COc1cc(N2CC(C(=O)O)CC2=O)c([N+](=O)[O-])cc1Br. The number of benzene rings is 1. The molecule has 0 spiro atoms. The summed E-state index contributed by atoms with van der Waals surface area (Å²) in [5, 5.41) is 20.1. The highest BCUT2D eigenvalue weighted by Crippen LogP contribution is 2.40. The standard InChI is InChI=1S/C12H11BrN2O6/c1-21-10-4-8(9(15(19)20)3-7(10)13)14-5-6(12(17)18)2-11(14)16/h3-4,6H,2,5H2,1H3,(H,17,18). The van der Waals surface area contributed by atoms with Crippen LogP contribution in [0.25, 0.3) is 0 Å². The fraction of sp³-hybridized carbons (Fsp3) is 0.333. The molecule has 1 unspecified atom stereocenters. The van der Waals surface area contributed by atoms with Gasteiger partial charge >= 0.3 is 5.97 Å². The number of nitro benzene ring substituents is 1. The molecule has 1 aromatic carbocycles. The van der Waals surface area contributed by atoms with Crippen LogP contribution in [-0.2, 0) is 9.59 Å². The Labute approximate surface area is 127 Å². The Morgan fingerprint density at radius 1 is 1.57 bits per heavy atom. The maximum atomic E-state index is 11.9. The van der Waals surface area contributed by atoms with Crippen molar-refractivity contribution in [2.75, 3.05) is 18.6 Å². The zero-order valence-electron chi connectivity index (χ0n) is 10.9. The molecular formula is C12H11BrN2O6. The second kappa shape index (κ2) is 5.68. The number of rotatable bonds is 4. The van der Waals surface area contributed by atoms with Crippen molar-refractivity contribution in [1.82, 2.24) is 0 Å². The number of anilines is 1. The van der Waals surface area contributed by atoms with Crippen molar-refractivity contribution in [2.24, 2.45) is 5.92 Å². The molecule has 0 aromatic heterocycles. The molecule has 0 bridgehead atoms. The van der Waals surface area contributed by atoms with Crippen LogP contribution in [0.15, 0.2) is 16.6 Å². The Hall–Kier alpha value is -2.16. The number of carboxylic acid groups (broad SMARTS) is 1. The Bertz CT molecular complexity index is 632. The number of nitrogens with zero attached hydrogens (tertiary/aromatic N) is 2. The number of aliphatic carboxylic acids is 1.